The number of halogens is 1. The van der Waals surface area contributed by atoms with Crippen molar-refractivity contribution in [1.29, 1.82) is 0 Å². The molecule has 0 spiro atoms. The van der Waals surface area contributed by atoms with E-state index in [1.807, 2.05) is 25.2 Å². The van der Waals surface area contributed by atoms with Crippen molar-refractivity contribution in [3.8, 4) is 0 Å². The van der Waals surface area contributed by atoms with Gasteiger partial charge < -0.3 is 25.3 Å². The molecule has 1 aliphatic rings. The molecule has 1 aliphatic heterocycles. The molecule has 0 saturated carbocycles. The normalized spacial score (nSPS) is 13.7. The highest BCUT2D eigenvalue weighted by molar-refractivity contribution is 6.30. The zero-order chi connectivity index (χ0) is 21.2. The molecule has 9 heteroatoms. The lowest BCUT2D eigenvalue weighted by molar-refractivity contribution is 0.0211. The minimum Gasteiger partial charge on any atom is -0.378 e. The molecule has 1 saturated heterocycles. The fourth-order valence-electron chi connectivity index (χ4n) is 3.39. The van der Waals surface area contributed by atoms with Crippen molar-refractivity contribution in [1.82, 2.24) is 19.5 Å². The molecule has 2 aromatic carbocycles. The van der Waals surface area contributed by atoms with Gasteiger partial charge in [-0.25, -0.2) is 15.0 Å². The third-order valence-corrected chi connectivity index (χ3v) is 5.37. The van der Waals surface area contributed by atoms with Crippen LogP contribution < -0.4 is 16.0 Å². The largest absolute Gasteiger partial charge is 0.378 e. The monoisotopic (exact) mass is 435 g/mol. The summed E-state index contributed by atoms with van der Waals surface area (Å²) in [6.45, 7) is 2.19. The van der Waals surface area contributed by atoms with Crippen LogP contribution in [0.15, 0.2) is 54.9 Å². The average Bonchev–Trinajstić information content (AvgIpc) is 3.07. The number of anilines is 4. The maximum absolute atomic E-state index is 5.82. The molecule has 4 aromatic rings. The summed E-state index contributed by atoms with van der Waals surface area (Å²) in [6.07, 6.45) is 3.12. The summed E-state index contributed by atoms with van der Waals surface area (Å²) in [4.78, 5) is 13.0. The Labute approximate surface area is 184 Å². The van der Waals surface area contributed by atoms with E-state index >= 15 is 0 Å². The zero-order valence-corrected chi connectivity index (χ0v) is 17.7. The van der Waals surface area contributed by atoms with Crippen LogP contribution >= 0.6 is 11.6 Å². The molecule has 2 aromatic heterocycles. The van der Waals surface area contributed by atoms with Gasteiger partial charge in [0.15, 0.2) is 0 Å². The predicted molar refractivity (Wildman–Crippen MR) is 123 cm³/mol. The van der Waals surface area contributed by atoms with Crippen LogP contribution in [0.4, 0.5) is 23.3 Å². The second-order valence-corrected chi connectivity index (χ2v) is 7.91. The number of nitrogens with one attached hydrogen (secondary N) is 3. The number of hydrogen-bond donors (Lipinski definition) is 3. The summed E-state index contributed by atoms with van der Waals surface area (Å²) < 4.78 is 7.31. The molecule has 0 bridgehead atoms. The molecule has 0 unspecified atom stereocenters. The standard InChI is InChI=1S/C22H22ClN7O/c1-30-20-8-17(27-18-12-31-13-18)6-7-19(20)29-22(30)26-9-14-2-4-16(5-3-14)28-21-24-10-15(23)11-25-21/h2-8,10-11,18,27H,9,12-13H2,1H3,(H,26,29)(H,24,25,28). The first-order valence-electron chi connectivity index (χ1n) is 10.0. The topological polar surface area (TPSA) is 88.9 Å². The lowest BCUT2D eigenvalue weighted by Crippen LogP contribution is -2.40. The number of hydrogen-bond acceptors (Lipinski definition) is 7. The number of nitrogens with zero attached hydrogens (tertiary/aromatic N) is 4. The number of aryl methyl sites for hydroxylation is 1. The van der Waals surface area contributed by atoms with Gasteiger partial charge in [-0.1, -0.05) is 23.7 Å². The fourth-order valence-corrected chi connectivity index (χ4v) is 3.48. The Kier molecular flexibility index (Phi) is 5.31. The highest BCUT2D eigenvalue weighted by Gasteiger charge is 2.18. The quantitative estimate of drug-likeness (QED) is 0.401. The van der Waals surface area contributed by atoms with Crippen LogP contribution in [-0.4, -0.2) is 38.8 Å². The van der Waals surface area contributed by atoms with E-state index in [1.165, 1.54) is 0 Å². The zero-order valence-electron chi connectivity index (χ0n) is 17.0. The molecular weight excluding hydrogens is 414 g/mol. The number of aromatic nitrogens is 4. The van der Waals surface area contributed by atoms with E-state index in [0.29, 0.717) is 23.6 Å². The highest BCUT2D eigenvalue weighted by Crippen LogP contribution is 2.24. The third kappa shape index (κ3) is 4.40. The number of rotatable bonds is 7. The van der Waals surface area contributed by atoms with Crippen LogP contribution in [0.1, 0.15) is 5.56 Å². The minimum atomic E-state index is 0.395. The second-order valence-electron chi connectivity index (χ2n) is 7.48. The van der Waals surface area contributed by atoms with Crippen molar-refractivity contribution in [2.24, 2.45) is 7.05 Å². The van der Waals surface area contributed by atoms with Gasteiger partial charge >= 0.3 is 0 Å². The van der Waals surface area contributed by atoms with E-state index in [2.05, 4.69) is 54.8 Å². The van der Waals surface area contributed by atoms with E-state index < -0.39 is 0 Å². The first-order chi connectivity index (χ1) is 15.1. The first kappa shape index (κ1) is 19.6. The average molecular weight is 436 g/mol. The Morgan fingerprint density at radius 3 is 2.52 bits per heavy atom. The van der Waals surface area contributed by atoms with E-state index in [9.17, 15) is 0 Å². The minimum absolute atomic E-state index is 0.395. The number of imidazole rings is 1. The summed E-state index contributed by atoms with van der Waals surface area (Å²) in [5.41, 5.74) is 5.17. The predicted octanol–water partition coefficient (Wildman–Crippen LogP) is 4.18. The maximum atomic E-state index is 5.82. The maximum Gasteiger partial charge on any atom is 0.227 e. The second kappa shape index (κ2) is 8.41. The molecule has 1 fully saturated rings. The molecule has 5 rings (SSSR count). The van der Waals surface area contributed by atoms with Crippen molar-refractivity contribution < 1.29 is 4.74 Å². The first-order valence-corrected chi connectivity index (χ1v) is 10.4. The molecule has 31 heavy (non-hydrogen) atoms. The van der Waals surface area contributed by atoms with Crippen molar-refractivity contribution in [3.63, 3.8) is 0 Å². The van der Waals surface area contributed by atoms with Crippen LogP contribution in [-0.2, 0) is 18.3 Å². The molecule has 0 aliphatic carbocycles. The molecule has 3 heterocycles. The van der Waals surface area contributed by atoms with E-state index in [1.54, 1.807) is 12.4 Å². The van der Waals surface area contributed by atoms with Gasteiger partial charge in [-0.05, 0) is 35.9 Å². The van der Waals surface area contributed by atoms with Gasteiger partial charge in [0.1, 0.15) is 0 Å². The van der Waals surface area contributed by atoms with Gasteiger partial charge in [0.2, 0.25) is 11.9 Å². The Balaban J connectivity index is 1.23. The SMILES string of the molecule is Cn1c(NCc2ccc(Nc3ncc(Cl)cn3)cc2)nc2ccc(NC3COC3)cc21. The van der Waals surface area contributed by atoms with Gasteiger partial charge in [0.25, 0.3) is 0 Å². The lowest BCUT2D eigenvalue weighted by atomic mass is 10.2. The molecule has 8 nitrogen and oxygen atoms in total. The summed E-state index contributed by atoms with van der Waals surface area (Å²) in [5, 5.41) is 10.6. The highest BCUT2D eigenvalue weighted by atomic mass is 35.5. The fraction of sp³-hybridized carbons (Fsp3) is 0.227. The lowest BCUT2D eigenvalue weighted by Gasteiger charge is -2.27. The van der Waals surface area contributed by atoms with Crippen molar-refractivity contribution >= 4 is 45.9 Å². The third-order valence-electron chi connectivity index (χ3n) is 5.17. The van der Waals surface area contributed by atoms with Gasteiger partial charge in [-0.15, -0.1) is 0 Å². The summed E-state index contributed by atoms with van der Waals surface area (Å²) in [5.74, 6) is 1.34. The van der Waals surface area contributed by atoms with E-state index in [0.717, 1.165) is 47.1 Å². The molecule has 3 N–H and O–H groups in total. The van der Waals surface area contributed by atoms with Crippen LogP contribution in [0, 0.1) is 0 Å². The summed E-state index contributed by atoms with van der Waals surface area (Å²) in [6, 6.07) is 14.7. The molecule has 0 radical (unpaired) electrons. The summed E-state index contributed by atoms with van der Waals surface area (Å²) in [7, 11) is 2.02. The number of fused-ring (bicyclic) bond motifs is 1. The van der Waals surface area contributed by atoms with Gasteiger partial charge in [0, 0.05) is 25.0 Å². The Hall–Kier alpha value is -3.36. The molecule has 0 amide bonds. The van der Waals surface area contributed by atoms with E-state index in [4.69, 9.17) is 21.3 Å². The van der Waals surface area contributed by atoms with Crippen molar-refractivity contribution in [2.75, 3.05) is 29.2 Å². The Morgan fingerprint density at radius 1 is 1.06 bits per heavy atom. The van der Waals surface area contributed by atoms with Crippen LogP contribution in [0.2, 0.25) is 5.02 Å². The smallest absolute Gasteiger partial charge is 0.227 e. The van der Waals surface area contributed by atoms with Gasteiger partial charge in [-0.3, -0.25) is 0 Å². The number of ether oxygens (including phenoxy) is 1. The molecular formula is C22H22ClN7O. The summed E-state index contributed by atoms with van der Waals surface area (Å²) >= 11 is 5.82. The van der Waals surface area contributed by atoms with Crippen molar-refractivity contribution in [3.05, 3.63) is 65.4 Å². The molecule has 0 atom stereocenters. The Morgan fingerprint density at radius 2 is 1.81 bits per heavy atom. The van der Waals surface area contributed by atoms with Crippen LogP contribution in [0.25, 0.3) is 11.0 Å². The van der Waals surface area contributed by atoms with Crippen LogP contribution in [0.5, 0.6) is 0 Å². The van der Waals surface area contributed by atoms with E-state index in [-0.39, 0.29) is 0 Å². The molecule has 158 valence electrons. The Bertz CT molecular complexity index is 1190. The van der Waals surface area contributed by atoms with Gasteiger partial charge in [-0.2, -0.15) is 0 Å². The van der Waals surface area contributed by atoms with Crippen molar-refractivity contribution in [2.45, 2.75) is 12.6 Å². The van der Waals surface area contributed by atoms with Gasteiger partial charge in [0.05, 0.1) is 47.7 Å². The van der Waals surface area contributed by atoms with Crippen LogP contribution in [0.3, 0.4) is 0 Å². The number of benzene rings is 2.